The minimum atomic E-state index is -0.216. The van der Waals surface area contributed by atoms with Gasteiger partial charge in [0.25, 0.3) is 11.1 Å². The molecule has 4 aromatic rings. The Balaban J connectivity index is 1.15. The molecule has 35 heavy (non-hydrogen) atoms. The van der Waals surface area contributed by atoms with Gasteiger partial charge in [0.05, 0.1) is 12.9 Å². The predicted octanol–water partition coefficient (Wildman–Crippen LogP) is 4.68. The smallest absolute Gasteiger partial charge is 0.277 e. The Kier molecular flexibility index (Phi) is 6.49. The van der Waals surface area contributed by atoms with E-state index in [4.69, 9.17) is 9.15 Å². The Bertz CT molecular complexity index is 1350. The highest BCUT2D eigenvalue weighted by Crippen LogP contribution is 2.29. The van der Waals surface area contributed by atoms with E-state index in [2.05, 4.69) is 15.5 Å². The molecule has 0 aliphatic carbocycles. The zero-order valence-electron chi connectivity index (χ0n) is 18.9. The number of nitrogens with zero attached hydrogens (tertiary/aromatic N) is 3. The maximum absolute atomic E-state index is 12.9. The van der Waals surface area contributed by atoms with E-state index >= 15 is 0 Å². The second-order valence-corrected chi connectivity index (χ2v) is 8.78. The molecular formula is C26H22N4O4S. The third-order valence-corrected chi connectivity index (χ3v) is 6.44. The summed E-state index contributed by atoms with van der Waals surface area (Å²) in [5.74, 6) is 0.948. The lowest BCUT2D eigenvalue weighted by Crippen LogP contribution is -2.28. The van der Waals surface area contributed by atoms with Crippen LogP contribution in [0.15, 0.2) is 82.4 Å². The number of para-hydroxylation sites is 1. The van der Waals surface area contributed by atoms with Crippen molar-refractivity contribution in [2.75, 3.05) is 29.6 Å². The molecule has 176 valence electrons. The normalized spacial score (nSPS) is 12.3. The molecule has 1 aliphatic heterocycles. The summed E-state index contributed by atoms with van der Waals surface area (Å²) in [4.78, 5) is 27.1. The van der Waals surface area contributed by atoms with Crippen molar-refractivity contribution in [3.63, 3.8) is 0 Å². The van der Waals surface area contributed by atoms with E-state index in [1.54, 1.807) is 36.3 Å². The van der Waals surface area contributed by atoms with Gasteiger partial charge in [-0.3, -0.25) is 9.59 Å². The molecule has 3 aromatic carbocycles. The predicted molar refractivity (Wildman–Crippen MR) is 134 cm³/mol. The number of benzene rings is 3. The summed E-state index contributed by atoms with van der Waals surface area (Å²) in [6, 6.07) is 22.1. The fraction of sp³-hybridized carbons (Fsp3) is 0.154. The van der Waals surface area contributed by atoms with E-state index in [1.807, 2.05) is 48.5 Å². The van der Waals surface area contributed by atoms with E-state index in [-0.39, 0.29) is 17.6 Å². The molecule has 0 saturated heterocycles. The van der Waals surface area contributed by atoms with E-state index in [0.29, 0.717) is 28.9 Å². The molecule has 0 radical (unpaired) electrons. The zero-order chi connectivity index (χ0) is 24.2. The van der Waals surface area contributed by atoms with Gasteiger partial charge in [-0.15, -0.1) is 10.2 Å². The summed E-state index contributed by atoms with van der Waals surface area (Å²) in [5.41, 5.74) is 4.09. The van der Waals surface area contributed by atoms with Crippen molar-refractivity contribution < 1.29 is 18.7 Å². The number of hydrogen-bond acceptors (Lipinski definition) is 7. The van der Waals surface area contributed by atoms with Crippen LogP contribution in [0.2, 0.25) is 0 Å². The number of ether oxygens (including phenoxy) is 1. The number of anilines is 2. The number of aromatic nitrogens is 2. The van der Waals surface area contributed by atoms with Crippen molar-refractivity contribution in [3.05, 3.63) is 83.9 Å². The van der Waals surface area contributed by atoms with Crippen LogP contribution in [0.3, 0.4) is 0 Å². The number of fused-ring (bicyclic) bond motifs is 1. The molecule has 0 spiro atoms. The topological polar surface area (TPSA) is 97.6 Å². The molecule has 1 N–H and O–H groups in total. The standard InChI is InChI=1S/C26H22N4O4S/c1-33-21-12-8-18(9-13-21)24-28-29-26(34-24)35-16-23(31)27-20-10-6-19(7-11-20)25(32)30-15-14-17-4-2-3-5-22(17)30/h2-13H,14-16H2,1H3,(H,27,31). The fourth-order valence-corrected chi connectivity index (χ4v) is 4.41. The maximum Gasteiger partial charge on any atom is 0.277 e. The lowest BCUT2D eigenvalue weighted by molar-refractivity contribution is -0.113. The van der Waals surface area contributed by atoms with Crippen LogP contribution in [0.25, 0.3) is 11.5 Å². The van der Waals surface area contributed by atoms with Gasteiger partial charge in [-0.1, -0.05) is 30.0 Å². The molecule has 8 nitrogen and oxygen atoms in total. The van der Waals surface area contributed by atoms with Crippen molar-refractivity contribution in [3.8, 4) is 17.2 Å². The SMILES string of the molecule is COc1ccc(-c2nnc(SCC(=O)Nc3ccc(C(=O)N4CCc5ccccc54)cc3)o2)cc1. The first-order valence-electron chi connectivity index (χ1n) is 11.0. The molecule has 2 heterocycles. The summed E-state index contributed by atoms with van der Waals surface area (Å²) in [5, 5.41) is 11.2. The molecule has 0 atom stereocenters. The molecule has 1 aromatic heterocycles. The monoisotopic (exact) mass is 486 g/mol. The molecule has 0 unspecified atom stereocenters. The first-order valence-corrected chi connectivity index (χ1v) is 12.0. The molecule has 1 aliphatic rings. The van der Waals surface area contributed by atoms with Crippen molar-refractivity contribution in [1.29, 1.82) is 0 Å². The van der Waals surface area contributed by atoms with Gasteiger partial charge in [0.1, 0.15) is 5.75 Å². The minimum Gasteiger partial charge on any atom is -0.497 e. The summed E-state index contributed by atoms with van der Waals surface area (Å²) in [6.45, 7) is 0.670. The van der Waals surface area contributed by atoms with Crippen molar-refractivity contribution in [2.45, 2.75) is 11.6 Å². The second kappa shape index (κ2) is 10.0. The molecule has 0 saturated carbocycles. The molecule has 2 amide bonds. The van der Waals surface area contributed by atoms with Crippen LogP contribution < -0.4 is 15.0 Å². The van der Waals surface area contributed by atoms with E-state index in [0.717, 1.165) is 35.2 Å². The van der Waals surface area contributed by atoms with Crippen molar-refractivity contribution >= 4 is 35.0 Å². The van der Waals surface area contributed by atoms with Crippen LogP contribution in [0, 0.1) is 0 Å². The van der Waals surface area contributed by atoms with Crippen LogP contribution in [0.5, 0.6) is 5.75 Å². The Morgan fingerprint density at radius 1 is 1.03 bits per heavy atom. The number of carbonyl (C=O) groups excluding carboxylic acids is 2. The number of amides is 2. The first kappa shape index (κ1) is 22.7. The van der Waals surface area contributed by atoms with E-state index in [9.17, 15) is 9.59 Å². The largest absolute Gasteiger partial charge is 0.497 e. The van der Waals surface area contributed by atoms with Crippen LogP contribution in [-0.4, -0.2) is 41.4 Å². The average molecular weight is 487 g/mol. The Morgan fingerprint density at radius 2 is 1.80 bits per heavy atom. The molecule has 0 bridgehead atoms. The van der Waals surface area contributed by atoms with Crippen LogP contribution >= 0.6 is 11.8 Å². The molecule has 0 fully saturated rings. The van der Waals surface area contributed by atoms with Gasteiger partial charge in [0.2, 0.25) is 11.8 Å². The third kappa shape index (κ3) is 5.04. The number of carbonyl (C=O) groups is 2. The number of hydrogen-bond donors (Lipinski definition) is 1. The van der Waals surface area contributed by atoms with Crippen molar-refractivity contribution in [2.24, 2.45) is 0 Å². The Labute approximate surface area is 206 Å². The zero-order valence-corrected chi connectivity index (χ0v) is 19.7. The van der Waals surface area contributed by atoms with Gasteiger partial charge in [-0.05, 0) is 66.6 Å². The van der Waals surface area contributed by atoms with Gasteiger partial charge in [0.15, 0.2) is 0 Å². The first-order chi connectivity index (χ1) is 17.1. The molecule has 9 heteroatoms. The Hall–Kier alpha value is -4.11. The fourth-order valence-electron chi connectivity index (χ4n) is 3.84. The summed E-state index contributed by atoms with van der Waals surface area (Å²) >= 11 is 1.15. The summed E-state index contributed by atoms with van der Waals surface area (Å²) in [7, 11) is 1.60. The molecular weight excluding hydrogens is 464 g/mol. The lowest BCUT2D eigenvalue weighted by Gasteiger charge is -2.17. The lowest BCUT2D eigenvalue weighted by atomic mass is 10.1. The van der Waals surface area contributed by atoms with Crippen LogP contribution in [0.1, 0.15) is 15.9 Å². The highest BCUT2D eigenvalue weighted by atomic mass is 32.2. The van der Waals surface area contributed by atoms with Gasteiger partial charge in [0, 0.05) is 29.0 Å². The summed E-state index contributed by atoms with van der Waals surface area (Å²) < 4.78 is 10.8. The quantitative estimate of drug-likeness (QED) is 0.379. The third-order valence-electron chi connectivity index (χ3n) is 5.62. The van der Waals surface area contributed by atoms with E-state index < -0.39 is 0 Å². The van der Waals surface area contributed by atoms with Gasteiger partial charge >= 0.3 is 0 Å². The number of rotatable bonds is 7. The molecule has 5 rings (SSSR count). The Morgan fingerprint density at radius 3 is 2.57 bits per heavy atom. The minimum absolute atomic E-state index is 0.0487. The van der Waals surface area contributed by atoms with Crippen LogP contribution in [-0.2, 0) is 11.2 Å². The number of nitrogens with one attached hydrogen (secondary N) is 1. The highest BCUT2D eigenvalue weighted by molar-refractivity contribution is 7.99. The second-order valence-electron chi connectivity index (χ2n) is 7.85. The highest BCUT2D eigenvalue weighted by Gasteiger charge is 2.25. The van der Waals surface area contributed by atoms with E-state index in [1.165, 1.54) is 5.56 Å². The van der Waals surface area contributed by atoms with Gasteiger partial charge < -0.3 is 19.4 Å². The van der Waals surface area contributed by atoms with Crippen molar-refractivity contribution in [1.82, 2.24) is 10.2 Å². The summed E-state index contributed by atoms with van der Waals surface area (Å²) in [6.07, 6.45) is 0.857. The number of thioether (sulfide) groups is 1. The number of methoxy groups -OCH3 is 1. The van der Waals surface area contributed by atoms with Gasteiger partial charge in [-0.25, -0.2) is 0 Å². The average Bonchev–Trinajstić information content (AvgIpc) is 3.55. The maximum atomic E-state index is 12.9. The van der Waals surface area contributed by atoms with Crippen LogP contribution in [0.4, 0.5) is 11.4 Å². The van der Waals surface area contributed by atoms with Gasteiger partial charge in [-0.2, -0.15) is 0 Å².